The molecule has 46 heavy (non-hydrogen) atoms. The molecule has 0 aromatic heterocycles. The van der Waals surface area contributed by atoms with Crippen LogP contribution in [0.3, 0.4) is 0 Å². The molecule has 10 heteroatoms. The quantitative estimate of drug-likeness (QED) is 0.287. The van der Waals surface area contributed by atoms with Gasteiger partial charge in [-0.05, 0) is 60.7 Å². The third kappa shape index (κ3) is 4.61. The number of imide groups is 2. The Kier molecular flexibility index (Phi) is 6.79. The molecule has 2 N–H and O–H groups in total. The lowest BCUT2D eigenvalue weighted by atomic mass is 10.1. The number of carbonyl (C=O) groups is 6. The Hall–Kier alpha value is -6.68. The number of carbonyl (C=O) groups excluding carboxylic acids is 6. The minimum Gasteiger partial charge on any atom is -0.359 e. The summed E-state index contributed by atoms with van der Waals surface area (Å²) in [4.78, 5) is 81.6. The maximum atomic E-state index is 13.7. The van der Waals surface area contributed by atoms with Crippen LogP contribution < -0.4 is 20.4 Å². The van der Waals surface area contributed by atoms with Gasteiger partial charge in [0.2, 0.25) is 0 Å². The average Bonchev–Trinajstić information content (AvgIpc) is 3.48. The van der Waals surface area contributed by atoms with Crippen molar-refractivity contribution >= 4 is 57.9 Å². The second-order valence-corrected chi connectivity index (χ2v) is 10.5. The van der Waals surface area contributed by atoms with E-state index in [0.717, 1.165) is 9.80 Å². The zero-order valence-electron chi connectivity index (χ0n) is 23.9. The number of amides is 4. The van der Waals surface area contributed by atoms with Crippen LogP contribution >= 0.6 is 0 Å². The maximum absolute atomic E-state index is 13.7. The Balaban J connectivity index is 1.42. The Morgan fingerprint density at radius 2 is 0.804 bits per heavy atom. The third-order valence-electron chi connectivity index (χ3n) is 7.79. The number of nitrogens with one attached hydrogen (secondary N) is 2. The van der Waals surface area contributed by atoms with Crippen molar-refractivity contribution in [3.8, 4) is 0 Å². The fraction of sp³-hybridized carbons (Fsp3) is 0. The molecule has 3 aromatic rings. The molecule has 0 saturated heterocycles. The number of rotatable bonds is 6. The van der Waals surface area contributed by atoms with Crippen LogP contribution in [-0.2, 0) is 9.59 Å². The summed E-state index contributed by atoms with van der Waals surface area (Å²) in [5.74, 6) is -2.94. The first kappa shape index (κ1) is 28.1. The van der Waals surface area contributed by atoms with E-state index in [9.17, 15) is 28.8 Å². The highest BCUT2D eigenvalue weighted by molar-refractivity contribution is 6.37. The number of ketones is 2. The van der Waals surface area contributed by atoms with Crippen LogP contribution in [0, 0.1) is 0 Å². The molecule has 0 atom stereocenters. The standard InChI is InChI=1S/C36H22N4O6/c41-31-15-7-1-9-21(31)19-37-27-17-28(38-20-22-10-2-8-16-32(22)42)30(40-35(45)25-13-5-6-14-26(25)36(40)46)18-29(27)39-33(43)23-11-3-4-12-24(23)34(39)44/h1-20,37-38H. The second kappa shape index (κ2) is 11.1. The number of allylic oxidation sites excluding steroid dienone is 10. The summed E-state index contributed by atoms with van der Waals surface area (Å²) in [5, 5.41) is 6.09. The van der Waals surface area contributed by atoms with Crippen LogP contribution in [0.2, 0.25) is 0 Å². The van der Waals surface area contributed by atoms with Gasteiger partial charge in [-0.15, -0.1) is 0 Å². The first-order valence-corrected chi connectivity index (χ1v) is 14.2. The molecule has 2 heterocycles. The van der Waals surface area contributed by atoms with Gasteiger partial charge in [-0.3, -0.25) is 28.8 Å². The molecule has 0 unspecified atom stereocenters. The van der Waals surface area contributed by atoms with Crippen molar-refractivity contribution in [2.75, 3.05) is 20.4 Å². The molecular formula is C36H22N4O6. The van der Waals surface area contributed by atoms with Gasteiger partial charge in [0.05, 0.1) is 45.0 Å². The largest absolute Gasteiger partial charge is 0.359 e. The lowest BCUT2D eigenvalue weighted by Gasteiger charge is -2.25. The molecule has 7 rings (SSSR count). The maximum Gasteiger partial charge on any atom is 0.266 e. The van der Waals surface area contributed by atoms with Crippen LogP contribution in [0.4, 0.5) is 22.7 Å². The molecule has 0 spiro atoms. The lowest BCUT2D eigenvalue weighted by Crippen LogP contribution is -2.32. The van der Waals surface area contributed by atoms with E-state index < -0.39 is 23.6 Å². The Morgan fingerprint density at radius 1 is 0.457 bits per heavy atom. The monoisotopic (exact) mass is 606 g/mol. The summed E-state index contributed by atoms with van der Waals surface area (Å²) in [6.45, 7) is 0. The number of hydrogen-bond acceptors (Lipinski definition) is 8. The van der Waals surface area contributed by atoms with E-state index in [1.54, 1.807) is 85.0 Å². The summed E-state index contributed by atoms with van der Waals surface area (Å²) in [7, 11) is 0. The topological polar surface area (TPSA) is 133 Å². The van der Waals surface area contributed by atoms with Crippen LogP contribution in [0.5, 0.6) is 0 Å². The van der Waals surface area contributed by atoms with Crippen molar-refractivity contribution in [1.82, 2.24) is 0 Å². The Labute approximate surface area is 262 Å². The van der Waals surface area contributed by atoms with Crippen LogP contribution in [0.15, 0.2) is 133 Å². The van der Waals surface area contributed by atoms with Gasteiger partial charge in [0.15, 0.2) is 11.6 Å². The summed E-state index contributed by atoms with van der Waals surface area (Å²) >= 11 is 0. The molecule has 3 aromatic carbocycles. The highest BCUT2D eigenvalue weighted by Crippen LogP contribution is 2.43. The number of anilines is 4. The van der Waals surface area contributed by atoms with Gasteiger partial charge < -0.3 is 10.6 Å². The van der Waals surface area contributed by atoms with Crippen molar-refractivity contribution in [3.05, 3.63) is 155 Å². The fourth-order valence-electron chi connectivity index (χ4n) is 5.51. The van der Waals surface area contributed by atoms with Gasteiger partial charge >= 0.3 is 0 Å². The molecule has 4 amide bonds. The van der Waals surface area contributed by atoms with E-state index in [2.05, 4.69) is 10.6 Å². The highest BCUT2D eigenvalue weighted by atomic mass is 16.2. The van der Waals surface area contributed by atoms with Crippen LogP contribution in [0.1, 0.15) is 41.4 Å². The molecule has 4 aliphatic rings. The van der Waals surface area contributed by atoms with Gasteiger partial charge in [0, 0.05) is 23.5 Å². The summed E-state index contributed by atoms with van der Waals surface area (Å²) in [5.41, 5.74) is 1.85. The number of fused-ring (bicyclic) bond motifs is 2. The van der Waals surface area contributed by atoms with Gasteiger partial charge in [-0.2, -0.15) is 0 Å². The zero-order chi connectivity index (χ0) is 31.9. The SMILES string of the molecule is O=C1C=CC=CC1=CNc1cc(NC=C2C=CC=CC2=O)c(N2C(=O)c3ccccc3C2=O)cc1N1C(=O)c2ccccc2C1=O. The first-order chi connectivity index (χ1) is 22.3. The van der Waals surface area contributed by atoms with E-state index in [1.807, 2.05) is 0 Å². The third-order valence-corrected chi connectivity index (χ3v) is 7.79. The summed E-state index contributed by atoms with van der Waals surface area (Å²) in [6.07, 6.45) is 15.4. The Morgan fingerprint density at radius 3 is 1.15 bits per heavy atom. The minimum atomic E-state index is -0.603. The Bertz CT molecular complexity index is 1910. The summed E-state index contributed by atoms with van der Waals surface area (Å²) < 4.78 is 0. The van der Waals surface area contributed by atoms with Crippen molar-refractivity contribution < 1.29 is 28.8 Å². The number of nitrogens with zero attached hydrogens (tertiary/aromatic N) is 2. The molecule has 222 valence electrons. The first-order valence-electron chi connectivity index (χ1n) is 14.2. The minimum absolute atomic E-state index is 0.0344. The number of hydrogen-bond donors (Lipinski definition) is 2. The molecule has 10 nitrogen and oxygen atoms in total. The second-order valence-electron chi connectivity index (χ2n) is 10.5. The summed E-state index contributed by atoms with van der Waals surface area (Å²) in [6, 6.07) is 15.6. The molecule has 0 radical (unpaired) electrons. The van der Waals surface area contributed by atoms with Crippen molar-refractivity contribution in [3.63, 3.8) is 0 Å². The molecular weight excluding hydrogens is 584 g/mol. The number of benzene rings is 3. The lowest BCUT2D eigenvalue weighted by molar-refractivity contribution is -0.111. The van der Waals surface area contributed by atoms with Crippen LogP contribution in [0.25, 0.3) is 0 Å². The van der Waals surface area contributed by atoms with Crippen molar-refractivity contribution in [2.24, 2.45) is 0 Å². The smallest absolute Gasteiger partial charge is 0.266 e. The van der Waals surface area contributed by atoms with Gasteiger partial charge in [0.1, 0.15) is 0 Å². The predicted octanol–water partition coefficient (Wildman–Crippen LogP) is 5.27. The average molecular weight is 607 g/mol. The van der Waals surface area contributed by atoms with Gasteiger partial charge in [0.25, 0.3) is 23.6 Å². The van der Waals surface area contributed by atoms with Gasteiger partial charge in [-0.1, -0.05) is 48.6 Å². The highest BCUT2D eigenvalue weighted by Gasteiger charge is 2.41. The molecule has 0 fully saturated rings. The van der Waals surface area contributed by atoms with E-state index in [-0.39, 0.29) is 56.6 Å². The fourth-order valence-corrected chi connectivity index (χ4v) is 5.51. The van der Waals surface area contributed by atoms with Gasteiger partial charge in [-0.25, -0.2) is 9.80 Å². The molecule has 2 aliphatic carbocycles. The van der Waals surface area contributed by atoms with E-state index in [4.69, 9.17) is 0 Å². The molecule has 0 bridgehead atoms. The molecule has 0 saturated carbocycles. The molecule has 2 aliphatic heterocycles. The van der Waals surface area contributed by atoms with Crippen molar-refractivity contribution in [1.29, 1.82) is 0 Å². The normalized spacial score (nSPS) is 18.3. The van der Waals surface area contributed by atoms with Crippen molar-refractivity contribution in [2.45, 2.75) is 0 Å². The van der Waals surface area contributed by atoms with E-state index in [1.165, 1.54) is 36.7 Å². The predicted molar refractivity (Wildman–Crippen MR) is 172 cm³/mol. The van der Waals surface area contributed by atoms with E-state index >= 15 is 0 Å². The van der Waals surface area contributed by atoms with Crippen LogP contribution in [-0.4, -0.2) is 35.2 Å². The zero-order valence-corrected chi connectivity index (χ0v) is 23.9. The van der Waals surface area contributed by atoms with E-state index in [0.29, 0.717) is 11.1 Å².